The molecule has 2 nitrogen and oxygen atoms in total. The van der Waals surface area contributed by atoms with Gasteiger partial charge in [0.15, 0.2) is 0 Å². The van der Waals surface area contributed by atoms with E-state index in [0.717, 1.165) is 0 Å². The van der Waals surface area contributed by atoms with Gasteiger partial charge in [0.25, 0.3) is 0 Å². The van der Waals surface area contributed by atoms with Crippen molar-refractivity contribution in [2.45, 2.75) is 53.6 Å². The molecule has 0 saturated carbocycles. The molecule has 0 radical (unpaired) electrons. The van der Waals surface area contributed by atoms with E-state index < -0.39 is 15.8 Å². The summed E-state index contributed by atoms with van der Waals surface area (Å²) in [6.45, 7) is 13.1. The molecule has 6 aromatic carbocycles. The average molecular weight is 927 g/mol. The van der Waals surface area contributed by atoms with E-state index in [1.54, 1.807) is 0 Å². The van der Waals surface area contributed by atoms with E-state index in [2.05, 4.69) is 239 Å². The van der Waals surface area contributed by atoms with Crippen LogP contribution in [0, 0.1) is 20.2 Å². The van der Waals surface area contributed by atoms with Crippen LogP contribution in [0.3, 0.4) is 0 Å². The Balaban J connectivity index is 0.000000410. The van der Waals surface area contributed by atoms with E-state index in [9.17, 15) is 0 Å². The van der Waals surface area contributed by atoms with Crippen LogP contribution in [-0.2, 0) is 19.5 Å². The van der Waals surface area contributed by atoms with E-state index >= 15 is 0 Å². The smallest absolute Gasteiger partial charge is 1.00 e. The minimum absolute atomic E-state index is 0. The molecule has 0 aliphatic carbocycles. The van der Waals surface area contributed by atoms with Gasteiger partial charge in [0, 0.05) is 0 Å². The summed E-state index contributed by atoms with van der Waals surface area (Å²) >= 11 is 9.53. The van der Waals surface area contributed by atoms with Crippen molar-refractivity contribution in [3.05, 3.63) is 200 Å². The quantitative estimate of drug-likeness (QED) is 0.0485. The second-order valence-corrected chi connectivity index (χ2v) is 18.2. The van der Waals surface area contributed by atoms with Crippen molar-refractivity contribution in [1.82, 2.24) is 4.57 Å². The number of hydrogen-bond donors (Lipinski definition) is 0. The summed E-state index contributed by atoms with van der Waals surface area (Å²) in [6, 6.07) is 65.6. The summed E-state index contributed by atoms with van der Waals surface area (Å²) in [5.74, 6) is 0. The Bertz CT molecular complexity index is 1710. The number of benzene rings is 6. The first-order valence-electron chi connectivity index (χ1n) is 18.3. The molecule has 1 aromatic heterocycles. The van der Waals surface area contributed by atoms with Gasteiger partial charge < -0.3 is 23.0 Å². The van der Waals surface area contributed by atoms with Gasteiger partial charge in [-0.3, -0.25) is 0 Å². The summed E-state index contributed by atoms with van der Waals surface area (Å²) < 4.78 is 4.41. The van der Waals surface area contributed by atoms with Crippen LogP contribution in [0.25, 0.3) is 0 Å². The maximum atomic E-state index is 4.76. The summed E-state index contributed by atoms with van der Waals surface area (Å²) in [5, 5.41) is 8.58. The van der Waals surface area contributed by atoms with Crippen LogP contribution in [0.4, 0.5) is 0 Å². The summed E-state index contributed by atoms with van der Waals surface area (Å²) in [4.78, 5) is 0. The summed E-state index contributed by atoms with van der Waals surface area (Å²) in [5.41, 5.74) is 2.65. The second kappa shape index (κ2) is 26.7. The number of hydrogen-bond acceptors (Lipinski definition) is 0. The molecule has 294 valence electrons. The normalized spacial score (nSPS) is 10.2. The van der Waals surface area contributed by atoms with Crippen LogP contribution >= 0.6 is 39.0 Å². The topological polar surface area (TPSA) is 8.81 Å². The Labute approximate surface area is 369 Å². The van der Waals surface area contributed by atoms with E-state index in [-0.39, 0.29) is 38.7 Å². The molecular weight excluding hydrogens is 874 g/mol. The van der Waals surface area contributed by atoms with Gasteiger partial charge in [-0.1, -0.05) is 196 Å². The molecule has 7 rings (SSSR count). The monoisotopic (exact) mass is 926 g/mol. The van der Waals surface area contributed by atoms with E-state index in [4.69, 9.17) is 23.2 Å². The number of halogens is 3. The minimum Gasteiger partial charge on any atom is -1.00 e. The molecule has 0 atom stereocenters. The van der Waals surface area contributed by atoms with Crippen LogP contribution in [0.1, 0.15) is 52.6 Å². The zero-order valence-electron chi connectivity index (χ0n) is 34.0. The Morgan fingerprint density at radius 1 is 0.500 bits per heavy atom. The van der Waals surface area contributed by atoms with Crippen LogP contribution in [0.15, 0.2) is 182 Å². The predicted molar refractivity (Wildman–Crippen MR) is 242 cm³/mol. The van der Waals surface area contributed by atoms with Crippen molar-refractivity contribution in [2.75, 3.05) is 5.34 Å². The van der Waals surface area contributed by atoms with Gasteiger partial charge in [-0.25, -0.2) is 0 Å². The van der Waals surface area contributed by atoms with Gasteiger partial charge >= 0.3 is 19.5 Å². The Morgan fingerprint density at radius 3 is 0.857 bits per heavy atom. The fraction of sp³-hybridized carbons (Fsp3) is 0.188. The van der Waals surface area contributed by atoms with Gasteiger partial charge in [-0.05, 0) is 86.8 Å². The molecule has 56 heavy (non-hydrogen) atoms. The van der Waals surface area contributed by atoms with Gasteiger partial charge in [0.1, 0.15) is 0 Å². The minimum atomic E-state index is -0.446. The van der Waals surface area contributed by atoms with Crippen molar-refractivity contribution in [2.24, 2.45) is 0 Å². The molecule has 0 aliphatic rings. The van der Waals surface area contributed by atoms with Crippen molar-refractivity contribution < 1.29 is 37.9 Å². The molecule has 7 aromatic rings. The van der Waals surface area contributed by atoms with E-state index in [0.29, 0.717) is 12.1 Å². The largest absolute Gasteiger partial charge is 2.00 e. The molecule has 0 N–H and O–H groups in total. The number of nitrogens with zero attached hydrogens (tertiary/aromatic N) is 2. The SMILES string of the molecule is Cc1c(C)[n+](C(C)C)[c-]n1C(C)C.ClCCl.[Cl-].[H-].[Ru+2].c1ccc(P(c2ccccc2)c2ccccc2)cc1.c1ccc(P(c2ccccc2)c2ccccc2)cc1. The zero-order valence-corrected chi connectivity index (χ0v) is 38.8. The third-order valence-corrected chi connectivity index (χ3v) is 13.5. The molecule has 0 unspecified atom stereocenters. The standard InChI is InChI=1S/2C18H15P.C11H20N2.CH2Cl2.ClH.Ru.H/c2*1-4-10-16(11-5-1)19(17-12-6-2-7-13-17)18-14-8-3-9-15-18;1-8(2)12-7-13(9(3)4)11(6)10(12)5;2-1-3;;;/h2*1-15H;8-9H,1-6H3;1H2;1H;;/q;;;;;+2;-1/p-1. The van der Waals surface area contributed by atoms with E-state index in [1.165, 1.54) is 43.2 Å². The Morgan fingerprint density at radius 2 is 0.714 bits per heavy atom. The molecule has 0 fully saturated rings. The molecule has 0 saturated heterocycles. The summed E-state index contributed by atoms with van der Waals surface area (Å²) in [7, 11) is -0.892. The van der Waals surface area contributed by atoms with Crippen molar-refractivity contribution in [3.63, 3.8) is 0 Å². The van der Waals surface area contributed by atoms with Crippen LogP contribution in [-0.4, -0.2) is 9.91 Å². The van der Waals surface area contributed by atoms with Gasteiger partial charge in [-0.15, -0.1) is 23.2 Å². The van der Waals surface area contributed by atoms with Gasteiger partial charge in [0.2, 0.25) is 6.33 Å². The zero-order chi connectivity index (χ0) is 38.7. The number of imidazole rings is 1. The van der Waals surface area contributed by atoms with Crippen molar-refractivity contribution in [3.8, 4) is 0 Å². The first kappa shape index (κ1) is 49.0. The molecule has 0 bridgehead atoms. The third kappa shape index (κ3) is 14.7. The van der Waals surface area contributed by atoms with Crippen LogP contribution in [0.5, 0.6) is 0 Å². The predicted octanol–water partition coefficient (Wildman–Crippen LogP) is 7.78. The summed E-state index contributed by atoms with van der Waals surface area (Å²) in [6.07, 6.45) is 3.38. The number of aromatic nitrogens is 2. The molecule has 1 heterocycles. The fourth-order valence-corrected chi connectivity index (χ4v) is 10.6. The van der Waals surface area contributed by atoms with Gasteiger partial charge in [0.05, 0.1) is 17.4 Å². The second-order valence-electron chi connectivity index (χ2n) is 13.0. The number of alkyl halides is 2. The van der Waals surface area contributed by atoms with Gasteiger partial charge in [-0.2, -0.15) is 0 Å². The third-order valence-electron chi connectivity index (χ3n) is 8.58. The molecule has 0 amide bonds. The van der Waals surface area contributed by atoms with Crippen molar-refractivity contribution >= 4 is 70.9 Å². The van der Waals surface area contributed by atoms with Crippen LogP contribution < -0.4 is 48.8 Å². The van der Waals surface area contributed by atoms with E-state index in [1.807, 2.05) is 0 Å². The Kier molecular flexibility index (Phi) is 23.4. The molecular formula is C48H53Cl3N2P2Ru. The van der Waals surface area contributed by atoms with Crippen molar-refractivity contribution in [1.29, 1.82) is 0 Å². The fourth-order valence-electron chi connectivity index (χ4n) is 5.98. The molecule has 8 heteroatoms. The number of rotatable bonds is 8. The first-order valence-corrected chi connectivity index (χ1v) is 22.1. The Hall–Kier alpha value is -3.12. The average Bonchev–Trinajstić information content (AvgIpc) is 3.52. The maximum absolute atomic E-state index is 4.76. The maximum Gasteiger partial charge on any atom is 2.00 e. The molecule has 0 spiro atoms. The molecule has 0 aliphatic heterocycles. The first-order chi connectivity index (χ1) is 26.3. The van der Waals surface area contributed by atoms with Crippen LogP contribution in [0.2, 0.25) is 0 Å².